The van der Waals surface area contributed by atoms with Crippen LogP contribution in [-0.4, -0.2) is 14.0 Å². The zero-order valence-corrected chi connectivity index (χ0v) is 25.7. The van der Waals surface area contributed by atoms with E-state index < -0.39 is 0 Å². The number of ether oxygens (including phenoxy) is 1. The van der Waals surface area contributed by atoms with Gasteiger partial charge in [-0.1, -0.05) is 65.7 Å². The van der Waals surface area contributed by atoms with Crippen molar-refractivity contribution in [2.75, 3.05) is 0 Å². The molecule has 0 spiro atoms. The van der Waals surface area contributed by atoms with Gasteiger partial charge in [0.25, 0.3) is 0 Å². The van der Waals surface area contributed by atoms with Crippen molar-refractivity contribution in [3.8, 4) is 39.7 Å². The average molecular weight is 585 g/mol. The molecule has 5 heteroatoms. The van der Waals surface area contributed by atoms with Crippen LogP contribution in [-0.2, 0) is 7.05 Å². The number of aromatic nitrogens is 4. The molecule has 0 fully saturated rings. The van der Waals surface area contributed by atoms with Gasteiger partial charge in [-0.3, -0.25) is 8.97 Å². The summed E-state index contributed by atoms with van der Waals surface area (Å²) in [6.45, 7) is 6.52. The van der Waals surface area contributed by atoms with Crippen LogP contribution >= 0.6 is 0 Å². The summed E-state index contributed by atoms with van der Waals surface area (Å²) < 4.78 is 13.2. The molecule has 5 nitrogen and oxygen atoms in total. The number of hydrogen-bond donors (Lipinski definition) is 0. The number of rotatable bonds is 5. The number of nitrogens with zero attached hydrogens (tertiary/aromatic N) is 4. The Bertz CT molecular complexity index is 2380. The van der Waals surface area contributed by atoms with Gasteiger partial charge in [-0.15, -0.1) is 0 Å². The first-order chi connectivity index (χ1) is 21.9. The third kappa shape index (κ3) is 4.56. The summed E-state index contributed by atoms with van der Waals surface area (Å²) in [5, 5.41) is 2.34. The molecule has 4 heterocycles. The summed E-state index contributed by atoms with van der Waals surface area (Å²) in [5.74, 6) is 2.40. The van der Waals surface area contributed by atoms with Crippen molar-refractivity contribution < 1.29 is 9.30 Å². The van der Waals surface area contributed by atoms with Crippen LogP contribution in [0.15, 0.2) is 122 Å². The lowest BCUT2D eigenvalue weighted by atomic mass is 9.92. The van der Waals surface area contributed by atoms with Gasteiger partial charge in [0, 0.05) is 23.0 Å². The molecule has 45 heavy (non-hydrogen) atoms. The quantitative estimate of drug-likeness (QED) is 0.149. The van der Waals surface area contributed by atoms with Gasteiger partial charge in [-0.25, -0.2) is 4.98 Å². The third-order valence-corrected chi connectivity index (χ3v) is 8.60. The summed E-state index contributed by atoms with van der Waals surface area (Å²) in [5.41, 5.74) is 11.3. The van der Waals surface area contributed by atoms with E-state index in [1.54, 1.807) is 0 Å². The fourth-order valence-corrected chi connectivity index (χ4v) is 6.83. The number of aryl methyl sites for hydroxylation is 4. The predicted octanol–water partition coefficient (Wildman–Crippen LogP) is 9.11. The Morgan fingerprint density at radius 1 is 0.689 bits per heavy atom. The summed E-state index contributed by atoms with van der Waals surface area (Å²) in [7, 11) is 2.03. The molecule has 4 aromatic carbocycles. The number of hydrogen-bond acceptors (Lipinski definition) is 2. The third-order valence-electron chi connectivity index (χ3n) is 8.60. The fraction of sp³-hybridized carbons (Fsp3) is 0.100. The maximum Gasteiger partial charge on any atom is 0.188 e. The molecular formula is C40H32N4O. The summed E-state index contributed by atoms with van der Waals surface area (Å²) in [6.07, 6.45) is 7.47. The number of benzene rings is 4. The monoisotopic (exact) mass is 584 g/mol. The Kier molecular flexibility index (Phi) is 6.27. The summed E-state index contributed by atoms with van der Waals surface area (Å²) in [6, 6.07) is 38.0. The van der Waals surface area contributed by atoms with Crippen molar-refractivity contribution in [1.82, 2.24) is 14.0 Å². The predicted molar refractivity (Wildman–Crippen MR) is 181 cm³/mol. The maximum atomic E-state index is 6.76. The smallest absolute Gasteiger partial charge is 0.188 e. The Morgan fingerprint density at radius 3 is 2.27 bits per heavy atom. The SMILES string of the molecule is Cc1cc(C)c(-c2cc(Oc3ccc4c5ccccc5n(-c5ccccn5)c4c3)cc(-c3[c-][n+](C)c4ccccn34)c2)c(C)c1. The van der Waals surface area contributed by atoms with Gasteiger partial charge in [0.2, 0.25) is 0 Å². The summed E-state index contributed by atoms with van der Waals surface area (Å²) >= 11 is 0. The number of imidazole rings is 1. The summed E-state index contributed by atoms with van der Waals surface area (Å²) in [4.78, 5) is 4.69. The van der Waals surface area contributed by atoms with Gasteiger partial charge in [0.05, 0.1) is 36.2 Å². The van der Waals surface area contributed by atoms with Gasteiger partial charge in [0.15, 0.2) is 5.65 Å². The van der Waals surface area contributed by atoms with Crippen molar-refractivity contribution >= 4 is 27.5 Å². The van der Waals surface area contributed by atoms with Crippen molar-refractivity contribution in [3.63, 3.8) is 0 Å². The zero-order valence-electron chi connectivity index (χ0n) is 25.7. The second-order valence-corrected chi connectivity index (χ2v) is 11.8. The van der Waals surface area contributed by atoms with Crippen molar-refractivity contribution in [2.24, 2.45) is 7.05 Å². The van der Waals surface area contributed by atoms with Crippen LogP contribution in [0.4, 0.5) is 0 Å². The van der Waals surface area contributed by atoms with Crippen LogP contribution in [0.5, 0.6) is 11.5 Å². The van der Waals surface area contributed by atoms with E-state index in [2.05, 4.69) is 138 Å². The van der Waals surface area contributed by atoms with Gasteiger partial charge in [-0.05, 0) is 91.6 Å². The molecule has 0 N–H and O–H groups in total. The fourth-order valence-electron chi connectivity index (χ4n) is 6.83. The van der Waals surface area contributed by atoms with Gasteiger partial charge < -0.3 is 9.30 Å². The molecule has 0 saturated heterocycles. The molecular weight excluding hydrogens is 552 g/mol. The van der Waals surface area contributed by atoms with Crippen LogP contribution in [0, 0.1) is 27.0 Å². The standard InChI is InChI=1S/C40H32N4O/c1-26-19-27(2)40(28(3)20-26)30-21-29(37-25-42(4)39-14-8-10-18-43(37)39)22-32(23-30)45-31-15-16-34-33-11-5-6-12-35(33)44(36(34)24-31)38-13-7-9-17-41-38/h5-24H,1-4H3. The lowest BCUT2D eigenvalue weighted by molar-refractivity contribution is -0.648. The van der Waals surface area contributed by atoms with Crippen molar-refractivity contribution in [1.29, 1.82) is 0 Å². The highest BCUT2D eigenvalue weighted by Crippen LogP contribution is 2.39. The van der Waals surface area contributed by atoms with E-state index in [4.69, 9.17) is 4.74 Å². The molecule has 8 aromatic rings. The maximum absolute atomic E-state index is 6.76. The first-order valence-electron chi connectivity index (χ1n) is 15.2. The highest BCUT2D eigenvalue weighted by molar-refractivity contribution is 6.09. The van der Waals surface area contributed by atoms with Crippen LogP contribution < -0.4 is 9.30 Å². The highest BCUT2D eigenvalue weighted by atomic mass is 16.5. The molecule has 0 saturated carbocycles. The molecule has 0 bridgehead atoms. The van der Waals surface area contributed by atoms with Gasteiger partial charge in [0.1, 0.15) is 17.3 Å². The van der Waals surface area contributed by atoms with E-state index in [0.717, 1.165) is 56.2 Å². The molecule has 0 radical (unpaired) electrons. The van der Waals surface area contributed by atoms with Gasteiger partial charge in [-0.2, -0.15) is 0 Å². The Labute approximate surface area is 262 Å². The molecule has 0 amide bonds. The van der Waals surface area contributed by atoms with E-state index in [-0.39, 0.29) is 0 Å². The molecule has 218 valence electrons. The van der Waals surface area contributed by atoms with E-state index in [0.29, 0.717) is 0 Å². The minimum Gasteiger partial charge on any atom is -0.458 e. The topological polar surface area (TPSA) is 35.3 Å². The lowest BCUT2D eigenvalue weighted by Crippen LogP contribution is -2.25. The second kappa shape index (κ2) is 10.5. The lowest BCUT2D eigenvalue weighted by Gasteiger charge is -2.17. The minimum absolute atomic E-state index is 0.762. The number of pyridine rings is 2. The van der Waals surface area contributed by atoms with Crippen LogP contribution in [0.1, 0.15) is 16.7 Å². The zero-order chi connectivity index (χ0) is 30.7. The molecule has 8 rings (SSSR count). The van der Waals surface area contributed by atoms with Crippen LogP contribution in [0.25, 0.3) is 55.7 Å². The normalized spacial score (nSPS) is 11.6. The molecule has 0 aliphatic rings. The van der Waals surface area contributed by atoms with E-state index >= 15 is 0 Å². The van der Waals surface area contributed by atoms with Crippen molar-refractivity contribution in [2.45, 2.75) is 20.8 Å². The van der Waals surface area contributed by atoms with E-state index in [1.165, 1.54) is 27.6 Å². The van der Waals surface area contributed by atoms with E-state index in [9.17, 15) is 0 Å². The Balaban J connectivity index is 1.32. The highest BCUT2D eigenvalue weighted by Gasteiger charge is 2.16. The Hall–Kier alpha value is -5.68. The average Bonchev–Trinajstić information content (AvgIpc) is 3.55. The minimum atomic E-state index is 0.762. The molecule has 0 aliphatic carbocycles. The number of para-hydroxylation sites is 1. The van der Waals surface area contributed by atoms with Crippen LogP contribution in [0.2, 0.25) is 0 Å². The largest absolute Gasteiger partial charge is 0.458 e. The number of fused-ring (bicyclic) bond motifs is 4. The first-order valence-corrected chi connectivity index (χ1v) is 15.2. The Morgan fingerprint density at radius 2 is 1.44 bits per heavy atom. The molecule has 4 aromatic heterocycles. The molecule has 0 atom stereocenters. The molecule has 0 unspecified atom stereocenters. The van der Waals surface area contributed by atoms with Crippen LogP contribution in [0.3, 0.4) is 0 Å². The molecule has 0 aliphatic heterocycles. The van der Waals surface area contributed by atoms with E-state index in [1.807, 2.05) is 36.0 Å². The van der Waals surface area contributed by atoms with Gasteiger partial charge >= 0.3 is 0 Å². The van der Waals surface area contributed by atoms with Crippen molar-refractivity contribution in [3.05, 3.63) is 144 Å². The second-order valence-electron chi connectivity index (χ2n) is 11.8. The first kappa shape index (κ1) is 26.9.